The molecule has 0 saturated carbocycles. The summed E-state index contributed by atoms with van der Waals surface area (Å²) in [6, 6.07) is 0. The molecule has 0 spiro atoms. The minimum absolute atomic E-state index is 0.135. The van der Waals surface area contributed by atoms with Crippen LogP contribution in [0.15, 0.2) is 0 Å². The average molecular weight is 457 g/mol. The Hall–Kier alpha value is -1.92. The molecule has 0 rings (SSSR count). The minimum Gasteiger partial charge on any atom is -0.466 e. The van der Waals surface area contributed by atoms with E-state index in [0.29, 0.717) is 25.7 Å². The van der Waals surface area contributed by atoms with Crippen molar-refractivity contribution in [2.75, 3.05) is 13.2 Å². The zero-order valence-electron chi connectivity index (χ0n) is 20.8. The van der Waals surface area contributed by atoms with Gasteiger partial charge in [0, 0.05) is 0 Å². The van der Waals surface area contributed by atoms with Crippen LogP contribution in [0, 0.1) is 5.41 Å². The highest BCUT2D eigenvalue weighted by atomic mass is 16.6. The molecule has 2 unspecified atom stereocenters. The molecule has 0 fully saturated rings. The average Bonchev–Trinajstić information content (AvgIpc) is 2.76. The van der Waals surface area contributed by atoms with E-state index in [1.54, 1.807) is 0 Å². The molecule has 7 heteroatoms. The van der Waals surface area contributed by atoms with Gasteiger partial charge in [-0.2, -0.15) is 0 Å². The first kappa shape index (κ1) is 30.1. The van der Waals surface area contributed by atoms with Crippen molar-refractivity contribution in [2.24, 2.45) is 5.41 Å². The van der Waals surface area contributed by atoms with E-state index in [1.807, 2.05) is 20.8 Å². The summed E-state index contributed by atoms with van der Waals surface area (Å²) in [5.74, 6) is -2.81. The highest BCUT2D eigenvalue weighted by molar-refractivity contribution is 6.07. The zero-order valence-corrected chi connectivity index (χ0v) is 20.8. The molecule has 0 aromatic rings. The second-order valence-electron chi connectivity index (χ2n) is 8.42. The molecule has 0 aromatic carbocycles. The molecule has 0 amide bonds. The molecule has 0 aliphatic carbocycles. The molecule has 32 heavy (non-hydrogen) atoms. The third-order valence-corrected chi connectivity index (χ3v) is 5.58. The number of unbranched alkanes of at least 4 members (excludes halogenated alkanes) is 5. The highest BCUT2D eigenvalue weighted by Gasteiger charge is 2.49. The summed E-state index contributed by atoms with van der Waals surface area (Å²) in [5, 5.41) is 0. The van der Waals surface area contributed by atoms with Crippen LogP contribution in [0.1, 0.15) is 112 Å². The zero-order chi connectivity index (χ0) is 24.4. The number of ketones is 1. The van der Waals surface area contributed by atoms with Crippen LogP contribution in [0.25, 0.3) is 0 Å². The number of hydrogen-bond acceptors (Lipinski definition) is 7. The summed E-state index contributed by atoms with van der Waals surface area (Å²) in [4.78, 5) is 50.8. The van der Waals surface area contributed by atoms with Crippen molar-refractivity contribution >= 4 is 23.7 Å². The van der Waals surface area contributed by atoms with Crippen molar-refractivity contribution in [3.05, 3.63) is 0 Å². The van der Waals surface area contributed by atoms with Crippen LogP contribution < -0.4 is 0 Å². The first-order valence-electron chi connectivity index (χ1n) is 12.3. The van der Waals surface area contributed by atoms with Gasteiger partial charge in [-0.15, -0.1) is 0 Å². The van der Waals surface area contributed by atoms with Gasteiger partial charge in [0.2, 0.25) is 0 Å². The molecule has 0 bridgehead atoms. The third kappa shape index (κ3) is 11.6. The predicted molar refractivity (Wildman–Crippen MR) is 123 cm³/mol. The number of carbonyl (C=O) groups excluding carboxylic acids is 4. The van der Waals surface area contributed by atoms with E-state index in [9.17, 15) is 19.2 Å². The van der Waals surface area contributed by atoms with Gasteiger partial charge in [0.15, 0.2) is 0 Å². The Morgan fingerprint density at radius 1 is 0.719 bits per heavy atom. The SMILES string of the molecule is CCCCCOC(=O)CC(CC(=O)OC(CC)CCCC)(C(C)=O)C(=O)OCCCCC. The highest BCUT2D eigenvalue weighted by Crippen LogP contribution is 2.32. The first-order chi connectivity index (χ1) is 15.3. The monoisotopic (exact) mass is 456 g/mol. The maximum atomic E-state index is 13.0. The van der Waals surface area contributed by atoms with E-state index in [1.165, 1.54) is 6.92 Å². The molecule has 0 aromatic heterocycles. The Morgan fingerprint density at radius 3 is 1.75 bits per heavy atom. The van der Waals surface area contributed by atoms with Gasteiger partial charge in [-0.3, -0.25) is 19.2 Å². The number of rotatable bonds is 19. The molecule has 7 nitrogen and oxygen atoms in total. The maximum Gasteiger partial charge on any atom is 0.320 e. The Balaban J connectivity index is 5.45. The first-order valence-corrected chi connectivity index (χ1v) is 12.3. The topological polar surface area (TPSA) is 96.0 Å². The summed E-state index contributed by atoms with van der Waals surface area (Å²) in [6.45, 7) is 9.58. The lowest BCUT2D eigenvalue weighted by Crippen LogP contribution is -2.44. The van der Waals surface area contributed by atoms with Gasteiger partial charge in [0.05, 0.1) is 26.1 Å². The van der Waals surface area contributed by atoms with E-state index < -0.39 is 41.9 Å². The van der Waals surface area contributed by atoms with Gasteiger partial charge in [-0.1, -0.05) is 66.2 Å². The largest absolute Gasteiger partial charge is 0.466 e. The normalized spacial score (nSPS) is 13.7. The second-order valence-corrected chi connectivity index (χ2v) is 8.42. The van der Waals surface area contributed by atoms with E-state index >= 15 is 0 Å². The quantitative estimate of drug-likeness (QED) is 0.112. The van der Waals surface area contributed by atoms with Crippen molar-refractivity contribution < 1.29 is 33.4 Å². The lowest BCUT2D eigenvalue weighted by molar-refractivity contribution is -0.173. The molecule has 0 aliphatic heterocycles. The second kappa shape index (κ2) is 17.6. The predicted octanol–water partition coefficient (Wildman–Crippen LogP) is 5.32. The summed E-state index contributed by atoms with van der Waals surface area (Å²) in [7, 11) is 0. The van der Waals surface area contributed by atoms with E-state index in [-0.39, 0.29) is 19.3 Å². The van der Waals surface area contributed by atoms with Gasteiger partial charge in [-0.05, 0) is 32.6 Å². The van der Waals surface area contributed by atoms with Crippen LogP contribution in [0.4, 0.5) is 0 Å². The molecule has 186 valence electrons. The lowest BCUT2D eigenvalue weighted by Gasteiger charge is -2.28. The van der Waals surface area contributed by atoms with E-state index in [0.717, 1.165) is 38.5 Å². The third-order valence-electron chi connectivity index (χ3n) is 5.58. The Bertz CT molecular complexity index is 573. The van der Waals surface area contributed by atoms with Crippen LogP contribution >= 0.6 is 0 Å². The Morgan fingerprint density at radius 2 is 1.25 bits per heavy atom. The molecule has 0 radical (unpaired) electrons. The standard InChI is InChI=1S/C25H44O7/c1-6-10-13-16-30-22(27)18-25(20(5)26,24(29)31-17-14-11-7-2)19-23(28)32-21(9-4)15-12-8-3/h21H,6-19H2,1-5H3. The number of ether oxygens (including phenoxy) is 3. The summed E-state index contributed by atoms with van der Waals surface area (Å²) < 4.78 is 16.1. The molecule has 0 aliphatic rings. The molecular formula is C25H44O7. The van der Waals surface area contributed by atoms with Gasteiger partial charge >= 0.3 is 17.9 Å². The van der Waals surface area contributed by atoms with Gasteiger partial charge in [-0.25, -0.2) is 0 Å². The van der Waals surface area contributed by atoms with Gasteiger partial charge in [0.1, 0.15) is 17.3 Å². The number of carbonyl (C=O) groups is 4. The fourth-order valence-corrected chi connectivity index (χ4v) is 3.34. The van der Waals surface area contributed by atoms with Crippen molar-refractivity contribution in [2.45, 2.75) is 118 Å². The van der Waals surface area contributed by atoms with Crippen molar-refractivity contribution in [1.29, 1.82) is 0 Å². The van der Waals surface area contributed by atoms with Crippen LogP contribution in [0.3, 0.4) is 0 Å². The molecular weight excluding hydrogens is 412 g/mol. The van der Waals surface area contributed by atoms with E-state index in [2.05, 4.69) is 6.92 Å². The van der Waals surface area contributed by atoms with Crippen LogP contribution in [-0.4, -0.2) is 43.0 Å². The minimum atomic E-state index is -1.92. The fourth-order valence-electron chi connectivity index (χ4n) is 3.34. The van der Waals surface area contributed by atoms with Crippen molar-refractivity contribution in [3.8, 4) is 0 Å². The number of hydrogen-bond donors (Lipinski definition) is 0. The lowest BCUT2D eigenvalue weighted by atomic mass is 9.77. The summed E-state index contributed by atoms with van der Waals surface area (Å²) >= 11 is 0. The fraction of sp³-hybridized carbons (Fsp3) is 0.840. The van der Waals surface area contributed by atoms with Crippen LogP contribution in [0.5, 0.6) is 0 Å². The summed E-state index contributed by atoms with van der Waals surface area (Å²) in [6.07, 6.45) is 6.95. The Labute approximate surface area is 193 Å². The van der Waals surface area contributed by atoms with Crippen molar-refractivity contribution in [1.82, 2.24) is 0 Å². The molecule has 0 N–H and O–H groups in total. The Kier molecular flexibility index (Phi) is 16.6. The molecule has 0 saturated heterocycles. The number of Topliss-reactive ketones (excluding diaryl/α,β-unsaturated/α-hetero) is 1. The van der Waals surface area contributed by atoms with E-state index in [4.69, 9.17) is 14.2 Å². The summed E-state index contributed by atoms with van der Waals surface area (Å²) in [5.41, 5.74) is -1.92. The smallest absolute Gasteiger partial charge is 0.320 e. The maximum absolute atomic E-state index is 13.0. The number of esters is 3. The molecule has 0 heterocycles. The van der Waals surface area contributed by atoms with Crippen LogP contribution in [0.2, 0.25) is 0 Å². The van der Waals surface area contributed by atoms with Crippen molar-refractivity contribution in [3.63, 3.8) is 0 Å². The molecule has 2 atom stereocenters. The van der Waals surface area contributed by atoms with Crippen LogP contribution in [-0.2, 0) is 33.4 Å². The van der Waals surface area contributed by atoms with Gasteiger partial charge < -0.3 is 14.2 Å². The van der Waals surface area contributed by atoms with Gasteiger partial charge in [0.25, 0.3) is 0 Å².